The molecule has 0 unspecified atom stereocenters. The van der Waals surface area contributed by atoms with Gasteiger partial charge in [0.1, 0.15) is 5.01 Å². The number of hydrogen-bond donors (Lipinski definition) is 1. The Bertz CT molecular complexity index is 1080. The summed E-state index contributed by atoms with van der Waals surface area (Å²) in [4.78, 5) is 27.0. The van der Waals surface area contributed by atoms with Crippen LogP contribution in [0.25, 0.3) is 10.8 Å². The fraction of sp³-hybridized carbons (Fsp3) is 0.300. The molecule has 3 aromatic rings. The monoisotopic (exact) mass is 378 g/mol. The van der Waals surface area contributed by atoms with Gasteiger partial charge in [-0.25, -0.2) is 0 Å². The van der Waals surface area contributed by atoms with Crippen molar-refractivity contribution in [2.75, 3.05) is 16.8 Å². The van der Waals surface area contributed by atoms with Crippen molar-refractivity contribution in [2.45, 2.75) is 26.2 Å². The van der Waals surface area contributed by atoms with E-state index in [0.717, 1.165) is 28.9 Å². The summed E-state index contributed by atoms with van der Waals surface area (Å²) in [5.41, 5.74) is 3.60. The Kier molecular flexibility index (Phi) is 3.72. The number of rotatable bonds is 3. The van der Waals surface area contributed by atoms with Crippen molar-refractivity contribution in [3.63, 3.8) is 0 Å². The molecule has 7 heteroatoms. The first-order chi connectivity index (χ1) is 13.1. The van der Waals surface area contributed by atoms with E-state index >= 15 is 0 Å². The normalized spacial score (nSPS) is 18.5. The zero-order valence-corrected chi connectivity index (χ0v) is 15.7. The van der Waals surface area contributed by atoms with E-state index in [1.54, 1.807) is 4.90 Å². The zero-order valence-electron chi connectivity index (χ0n) is 14.9. The summed E-state index contributed by atoms with van der Waals surface area (Å²) in [5.74, 6) is -0.569. The van der Waals surface area contributed by atoms with E-state index in [0.29, 0.717) is 11.7 Å². The summed E-state index contributed by atoms with van der Waals surface area (Å²) in [6, 6.07) is 10.4. The van der Waals surface area contributed by atoms with Crippen LogP contribution in [0.4, 0.5) is 10.8 Å². The van der Waals surface area contributed by atoms with E-state index in [1.165, 1.54) is 27.8 Å². The second kappa shape index (κ2) is 6.13. The van der Waals surface area contributed by atoms with Crippen LogP contribution < -0.4 is 10.2 Å². The van der Waals surface area contributed by atoms with Gasteiger partial charge >= 0.3 is 0 Å². The molecule has 5 rings (SSSR count). The number of hydrogen-bond acceptors (Lipinski definition) is 5. The van der Waals surface area contributed by atoms with Crippen molar-refractivity contribution in [1.29, 1.82) is 0 Å². The van der Waals surface area contributed by atoms with Crippen molar-refractivity contribution in [1.82, 2.24) is 10.2 Å². The molecule has 136 valence electrons. The average Bonchev–Trinajstić information content (AvgIpc) is 3.36. The first-order valence-electron chi connectivity index (χ1n) is 9.05. The van der Waals surface area contributed by atoms with E-state index in [-0.39, 0.29) is 24.2 Å². The lowest BCUT2D eigenvalue weighted by molar-refractivity contribution is -0.122. The van der Waals surface area contributed by atoms with Gasteiger partial charge in [-0.3, -0.25) is 9.59 Å². The van der Waals surface area contributed by atoms with Gasteiger partial charge in [0.2, 0.25) is 16.9 Å². The van der Waals surface area contributed by atoms with E-state index in [4.69, 9.17) is 0 Å². The van der Waals surface area contributed by atoms with E-state index in [1.807, 2.05) is 13.0 Å². The van der Waals surface area contributed by atoms with Gasteiger partial charge in [0.05, 0.1) is 11.6 Å². The molecule has 1 aliphatic carbocycles. The van der Waals surface area contributed by atoms with Crippen LogP contribution in [-0.2, 0) is 22.4 Å². The van der Waals surface area contributed by atoms with Crippen LogP contribution in [0.3, 0.4) is 0 Å². The molecule has 1 aliphatic heterocycles. The van der Waals surface area contributed by atoms with Crippen LogP contribution in [0.5, 0.6) is 0 Å². The quantitative estimate of drug-likeness (QED) is 0.760. The highest BCUT2D eigenvalue weighted by Gasteiger charge is 2.36. The van der Waals surface area contributed by atoms with Crippen LogP contribution in [0, 0.1) is 12.8 Å². The minimum absolute atomic E-state index is 0.0118. The molecular weight excluding hydrogens is 360 g/mol. The summed E-state index contributed by atoms with van der Waals surface area (Å²) >= 11 is 1.33. The first-order valence-corrected chi connectivity index (χ1v) is 9.86. The maximum atomic E-state index is 12.7. The van der Waals surface area contributed by atoms with Crippen LogP contribution in [0.1, 0.15) is 22.6 Å². The molecule has 1 aromatic heterocycles. The largest absolute Gasteiger partial charge is 0.311 e. The first kappa shape index (κ1) is 16.4. The zero-order chi connectivity index (χ0) is 18.5. The number of carbonyl (C=O) groups excluding carboxylic acids is 2. The SMILES string of the molecule is Cc1nnc(NC(=O)[C@H]2CC(=O)N(c3ccc4c5c(cccc35)CC4)C2)s1. The molecule has 6 nitrogen and oxygen atoms in total. The maximum absolute atomic E-state index is 12.7. The molecule has 2 amide bonds. The summed E-state index contributed by atoms with van der Waals surface area (Å²) in [5, 5.41) is 14.3. The van der Waals surface area contributed by atoms with Crippen molar-refractivity contribution < 1.29 is 9.59 Å². The summed E-state index contributed by atoms with van der Waals surface area (Å²) in [7, 11) is 0. The van der Waals surface area contributed by atoms with Crippen molar-refractivity contribution in [3.05, 3.63) is 46.5 Å². The Morgan fingerprint density at radius 2 is 2.00 bits per heavy atom. The van der Waals surface area contributed by atoms with Gasteiger partial charge in [-0.2, -0.15) is 0 Å². The molecule has 1 saturated heterocycles. The van der Waals surface area contributed by atoms with Crippen molar-refractivity contribution in [3.8, 4) is 0 Å². The van der Waals surface area contributed by atoms with E-state index in [9.17, 15) is 9.59 Å². The number of anilines is 2. The minimum atomic E-state index is -0.384. The standard InChI is InChI=1S/C20H18N4O2S/c1-11-22-23-20(27-11)21-19(26)14-9-17(25)24(10-14)16-8-7-13-6-5-12-3-2-4-15(16)18(12)13/h2-4,7-8,14H,5-6,9-10H2,1H3,(H,21,23,26)/t14-/m0/s1. The number of nitrogens with one attached hydrogen (secondary N) is 1. The van der Waals surface area contributed by atoms with Crippen molar-refractivity contribution >= 4 is 44.7 Å². The Morgan fingerprint density at radius 3 is 2.78 bits per heavy atom. The number of aromatic nitrogens is 2. The van der Waals surface area contributed by atoms with Gasteiger partial charge in [-0.05, 0) is 42.3 Å². The predicted molar refractivity (Wildman–Crippen MR) is 105 cm³/mol. The molecule has 0 spiro atoms. The number of nitrogens with zero attached hydrogens (tertiary/aromatic N) is 3. The number of aryl methyl sites for hydroxylation is 3. The van der Waals surface area contributed by atoms with Gasteiger partial charge in [0.25, 0.3) is 0 Å². The second-order valence-electron chi connectivity index (χ2n) is 7.10. The van der Waals surface area contributed by atoms with Gasteiger partial charge < -0.3 is 10.2 Å². The highest BCUT2D eigenvalue weighted by atomic mass is 32.1. The number of benzene rings is 2. The van der Waals surface area contributed by atoms with Crippen LogP contribution in [-0.4, -0.2) is 28.6 Å². The third-order valence-electron chi connectivity index (χ3n) is 5.40. The third-order valence-corrected chi connectivity index (χ3v) is 6.15. The molecule has 0 saturated carbocycles. The van der Waals surface area contributed by atoms with Crippen LogP contribution in [0.2, 0.25) is 0 Å². The third kappa shape index (κ3) is 2.70. The second-order valence-corrected chi connectivity index (χ2v) is 8.29. The molecular formula is C20H18N4O2S. The average molecular weight is 378 g/mol. The molecule has 0 bridgehead atoms. The van der Waals surface area contributed by atoms with E-state index in [2.05, 4.69) is 39.8 Å². The smallest absolute Gasteiger partial charge is 0.231 e. The molecule has 1 N–H and O–H groups in total. The van der Waals surface area contributed by atoms with Crippen LogP contribution in [0.15, 0.2) is 30.3 Å². The Labute approximate surface area is 160 Å². The maximum Gasteiger partial charge on any atom is 0.231 e. The fourth-order valence-electron chi connectivity index (χ4n) is 4.14. The van der Waals surface area contributed by atoms with Crippen LogP contribution >= 0.6 is 11.3 Å². The minimum Gasteiger partial charge on any atom is -0.311 e. The van der Waals surface area contributed by atoms with Gasteiger partial charge in [-0.15, -0.1) is 10.2 Å². The molecule has 2 aromatic carbocycles. The highest BCUT2D eigenvalue weighted by molar-refractivity contribution is 7.15. The topological polar surface area (TPSA) is 75.2 Å². The summed E-state index contributed by atoms with van der Waals surface area (Å²) < 4.78 is 0. The highest BCUT2D eigenvalue weighted by Crippen LogP contribution is 2.38. The predicted octanol–water partition coefficient (Wildman–Crippen LogP) is 3.09. The lowest BCUT2D eigenvalue weighted by atomic mass is 10.0. The van der Waals surface area contributed by atoms with Gasteiger partial charge in [0, 0.05) is 18.4 Å². The number of amides is 2. The van der Waals surface area contributed by atoms with E-state index < -0.39 is 0 Å². The molecule has 2 heterocycles. The lowest BCUT2D eigenvalue weighted by Gasteiger charge is -2.19. The van der Waals surface area contributed by atoms with Crippen molar-refractivity contribution in [2.24, 2.45) is 5.92 Å². The summed E-state index contributed by atoms with van der Waals surface area (Å²) in [6.45, 7) is 2.23. The molecule has 1 fully saturated rings. The lowest BCUT2D eigenvalue weighted by Crippen LogP contribution is -2.28. The molecule has 1 atom stereocenters. The molecule has 2 aliphatic rings. The Balaban J connectivity index is 1.43. The fourth-order valence-corrected chi connectivity index (χ4v) is 4.73. The number of carbonyl (C=O) groups is 2. The Hall–Kier alpha value is -2.80. The Morgan fingerprint density at radius 1 is 1.19 bits per heavy atom. The summed E-state index contributed by atoms with van der Waals surface area (Å²) in [6.07, 6.45) is 2.32. The molecule has 0 radical (unpaired) electrons. The van der Waals surface area contributed by atoms with Gasteiger partial charge in [0.15, 0.2) is 0 Å². The molecule has 27 heavy (non-hydrogen) atoms. The van der Waals surface area contributed by atoms with Gasteiger partial charge in [-0.1, -0.05) is 35.6 Å².